The molecule has 0 bridgehead atoms. The molecule has 2 heterocycles. The molecule has 0 aromatic carbocycles. The monoisotopic (exact) mass is 206 g/mol. The van der Waals surface area contributed by atoms with Crippen LogP contribution in [0.2, 0.25) is 0 Å². The lowest BCUT2D eigenvalue weighted by Crippen LogP contribution is -2.21. The highest BCUT2D eigenvalue weighted by atomic mass is 15.4. The SMILES string of the molecule is CNC(c1ccn(C)n1)c1cnnn1C. The van der Waals surface area contributed by atoms with Gasteiger partial charge in [0, 0.05) is 20.3 Å². The first-order valence-corrected chi connectivity index (χ1v) is 4.73. The summed E-state index contributed by atoms with van der Waals surface area (Å²) in [6.07, 6.45) is 3.67. The van der Waals surface area contributed by atoms with E-state index in [0.717, 1.165) is 11.4 Å². The van der Waals surface area contributed by atoms with Crippen LogP contribution < -0.4 is 5.32 Å². The van der Waals surface area contributed by atoms with Crippen LogP contribution in [0.15, 0.2) is 18.5 Å². The third-order valence-electron chi connectivity index (χ3n) is 2.36. The Hall–Kier alpha value is -1.69. The van der Waals surface area contributed by atoms with Gasteiger partial charge in [-0.1, -0.05) is 5.21 Å². The highest BCUT2D eigenvalue weighted by Gasteiger charge is 2.18. The molecule has 0 radical (unpaired) electrons. The average molecular weight is 206 g/mol. The van der Waals surface area contributed by atoms with Crippen LogP contribution in [0, 0.1) is 0 Å². The van der Waals surface area contributed by atoms with Crippen molar-refractivity contribution in [1.82, 2.24) is 30.1 Å². The Bertz CT molecular complexity index is 443. The van der Waals surface area contributed by atoms with Crippen molar-refractivity contribution < 1.29 is 0 Å². The Morgan fingerprint density at radius 3 is 2.67 bits per heavy atom. The Balaban J connectivity index is 2.36. The predicted molar refractivity (Wildman–Crippen MR) is 55.1 cm³/mol. The summed E-state index contributed by atoms with van der Waals surface area (Å²) in [5.74, 6) is 0. The number of hydrogen-bond donors (Lipinski definition) is 1. The molecule has 0 aliphatic rings. The maximum absolute atomic E-state index is 4.36. The van der Waals surface area contributed by atoms with Crippen LogP contribution in [0.3, 0.4) is 0 Å². The molecule has 1 unspecified atom stereocenters. The van der Waals surface area contributed by atoms with Crippen LogP contribution in [0.5, 0.6) is 0 Å². The molecule has 0 spiro atoms. The minimum absolute atomic E-state index is 0.0335. The number of hydrogen-bond acceptors (Lipinski definition) is 4. The van der Waals surface area contributed by atoms with E-state index in [-0.39, 0.29) is 6.04 Å². The second-order valence-corrected chi connectivity index (χ2v) is 3.42. The van der Waals surface area contributed by atoms with Crippen molar-refractivity contribution in [2.45, 2.75) is 6.04 Å². The molecule has 1 atom stereocenters. The summed E-state index contributed by atoms with van der Waals surface area (Å²) >= 11 is 0. The fraction of sp³-hybridized carbons (Fsp3) is 0.444. The zero-order chi connectivity index (χ0) is 10.8. The van der Waals surface area contributed by atoms with E-state index >= 15 is 0 Å². The second-order valence-electron chi connectivity index (χ2n) is 3.42. The van der Waals surface area contributed by atoms with E-state index in [0.29, 0.717) is 0 Å². The van der Waals surface area contributed by atoms with Gasteiger partial charge >= 0.3 is 0 Å². The molecule has 0 saturated carbocycles. The fourth-order valence-electron chi connectivity index (χ4n) is 1.59. The van der Waals surface area contributed by atoms with E-state index in [1.807, 2.05) is 33.4 Å². The predicted octanol–water partition coefficient (Wildman–Crippen LogP) is -0.143. The van der Waals surface area contributed by atoms with Crippen LogP contribution in [0.25, 0.3) is 0 Å². The van der Waals surface area contributed by atoms with Crippen molar-refractivity contribution in [2.75, 3.05) is 7.05 Å². The van der Waals surface area contributed by atoms with Gasteiger partial charge in [-0.2, -0.15) is 5.10 Å². The maximum atomic E-state index is 4.36. The zero-order valence-corrected chi connectivity index (χ0v) is 9.05. The molecular formula is C9H14N6. The van der Waals surface area contributed by atoms with Crippen molar-refractivity contribution in [1.29, 1.82) is 0 Å². The minimum Gasteiger partial charge on any atom is -0.307 e. The number of nitrogens with one attached hydrogen (secondary N) is 1. The largest absolute Gasteiger partial charge is 0.307 e. The molecular weight excluding hydrogens is 192 g/mol. The Kier molecular flexibility index (Phi) is 2.51. The zero-order valence-electron chi connectivity index (χ0n) is 9.05. The lowest BCUT2D eigenvalue weighted by Gasteiger charge is -2.12. The topological polar surface area (TPSA) is 60.6 Å². The van der Waals surface area contributed by atoms with Crippen LogP contribution >= 0.6 is 0 Å². The Morgan fingerprint density at radius 1 is 1.40 bits per heavy atom. The average Bonchev–Trinajstić information content (AvgIpc) is 2.79. The molecule has 0 aliphatic carbocycles. The summed E-state index contributed by atoms with van der Waals surface area (Å²) in [5, 5.41) is 15.3. The third kappa shape index (κ3) is 1.75. The van der Waals surface area contributed by atoms with Gasteiger partial charge in [-0.15, -0.1) is 5.10 Å². The summed E-state index contributed by atoms with van der Waals surface area (Å²) in [6.45, 7) is 0. The molecule has 6 heteroatoms. The van der Waals surface area contributed by atoms with Crippen LogP contribution in [0.1, 0.15) is 17.4 Å². The number of nitrogens with zero attached hydrogens (tertiary/aromatic N) is 5. The van der Waals surface area contributed by atoms with Crippen molar-refractivity contribution in [2.24, 2.45) is 14.1 Å². The first-order chi connectivity index (χ1) is 7.22. The summed E-state index contributed by atoms with van der Waals surface area (Å²) in [4.78, 5) is 0. The first-order valence-electron chi connectivity index (χ1n) is 4.73. The van der Waals surface area contributed by atoms with E-state index in [4.69, 9.17) is 0 Å². The van der Waals surface area contributed by atoms with Gasteiger partial charge < -0.3 is 5.32 Å². The molecule has 6 nitrogen and oxygen atoms in total. The summed E-state index contributed by atoms with van der Waals surface area (Å²) < 4.78 is 3.53. The molecule has 0 amide bonds. The van der Waals surface area contributed by atoms with Crippen molar-refractivity contribution in [3.8, 4) is 0 Å². The minimum atomic E-state index is 0.0335. The standard InChI is InChI=1S/C9H14N6/c1-10-9(7-4-5-14(2)12-7)8-6-11-13-15(8)3/h4-6,9-10H,1-3H3. The van der Waals surface area contributed by atoms with Gasteiger partial charge in [0.05, 0.1) is 23.6 Å². The second kappa shape index (κ2) is 3.82. The lowest BCUT2D eigenvalue weighted by atomic mass is 10.1. The molecule has 1 N–H and O–H groups in total. The Labute approximate surface area is 87.9 Å². The Morgan fingerprint density at radius 2 is 2.20 bits per heavy atom. The first kappa shape index (κ1) is 9.85. The molecule has 0 saturated heterocycles. The van der Waals surface area contributed by atoms with Gasteiger partial charge in [0.2, 0.25) is 0 Å². The van der Waals surface area contributed by atoms with E-state index in [1.54, 1.807) is 15.6 Å². The summed E-state index contributed by atoms with van der Waals surface area (Å²) in [6, 6.07) is 2.01. The molecule has 2 rings (SSSR count). The quantitative estimate of drug-likeness (QED) is 0.759. The van der Waals surface area contributed by atoms with Crippen LogP contribution in [-0.2, 0) is 14.1 Å². The fourth-order valence-corrected chi connectivity index (χ4v) is 1.59. The van der Waals surface area contributed by atoms with Crippen LogP contribution in [0.4, 0.5) is 0 Å². The van der Waals surface area contributed by atoms with Gasteiger partial charge in [0.25, 0.3) is 0 Å². The van der Waals surface area contributed by atoms with E-state index in [2.05, 4.69) is 20.7 Å². The van der Waals surface area contributed by atoms with Gasteiger partial charge in [-0.25, -0.2) is 0 Å². The normalized spacial score (nSPS) is 13.0. The molecule has 2 aromatic heterocycles. The van der Waals surface area contributed by atoms with E-state index in [9.17, 15) is 0 Å². The lowest BCUT2D eigenvalue weighted by molar-refractivity contribution is 0.578. The van der Waals surface area contributed by atoms with Gasteiger partial charge in [0.15, 0.2) is 0 Å². The summed E-state index contributed by atoms with van der Waals surface area (Å²) in [5.41, 5.74) is 1.96. The van der Waals surface area contributed by atoms with E-state index in [1.165, 1.54) is 0 Å². The van der Waals surface area contributed by atoms with Crippen molar-refractivity contribution in [3.05, 3.63) is 29.8 Å². The highest BCUT2D eigenvalue weighted by Crippen LogP contribution is 2.17. The molecule has 15 heavy (non-hydrogen) atoms. The third-order valence-corrected chi connectivity index (χ3v) is 2.36. The van der Waals surface area contributed by atoms with Crippen molar-refractivity contribution in [3.63, 3.8) is 0 Å². The van der Waals surface area contributed by atoms with E-state index < -0.39 is 0 Å². The molecule has 2 aromatic rings. The molecule has 0 aliphatic heterocycles. The van der Waals surface area contributed by atoms with Gasteiger partial charge in [-0.05, 0) is 13.1 Å². The maximum Gasteiger partial charge on any atom is 0.0954 e. The highest BCUT2D eigenvalue weighted by molar-refractivity contribution is 5.18. The number of aryl methyl sites for hydroxylation is 2. The van der Waals surface area contributed by atoms with Gasteiger partial charge in [-0.3, -0.25) is 9.36 Å². The van der Waals surface area contributed by atoms with Gasteiger partial charge in [0.1, 0.15) is 0 Å². The molecule has 0 fully saturated rings. The smallest absolute Gasteiger partial charge is 0.0954 e. The molecule has 80 valence electrons. The number of rotatable bonds is 3. The number of aromatic nitrogens is 5. The van der Waals surface area contributed by atoms with Crippen LogP contribution in [-0.4, -0.2) is 31.8 Å². The summed E-state index contributed by atoms with van der Waals surface area (Å²) in [7, 11) is 5.67. The van der Waals surface area contributed by atoms with Crippen molar-refractivity contribution >= 4 is 0 Å².